The number of benzene rings is 1. The first-order valence-corrected chi connectivity index (χ1v) is 7.73. The molecule has 0 aliphatic carbocycles. The molecular formula is C21H25FO. The topological polar surface area (TPSA) is 9.23 Å². The smallest absolute Gasteiger partial charge is 0.131 e. The first-order valence-electron chi connectivity index (χ1n) is 7.73. The fourth-order valence-electron chi connectivity index (χ4n) is 2.07. The van der Waals surface area contributed by atoms with Crippen molar-refractivity contribution in [3.8, 4) is 0 Å². The Bertz CT molecular complexity index is 660. The minimum Gasteiger partial charge on any atom is -0.501 e. The van der Waals surface area contributed by atoms with Gasteiger partial charge in [0, 0.05) is 5.56 Å². The van der Waals surface area contributed by atoms with Crippen molar-refractivity contribution in [2.45, 2.75) is 27.2 Å². The molecule has 23 heavy (non-hydrogen) atoms. The SMILES string of the molecule is C=C(/C=C\C(=C/C)c1ccccc1F)/C(=C/C=C(\C)OC)CC. The van der Waals surface area contributed by atoms with E-state index in [0.717, 1.165) is 28.9 Å². The van der Waals surface area contributed by atoms with E-state index in [4.69, 9.17) is 4.74 Å². The molecule has 1 rings (SSSR count). The van der Waals surface area contributed by atoms with Crippen LogP contribution in [0.2, 0.25) is 0 Å². The molecule has 1 aromatic rings. The van der Waals surface area contributed by atoms with Gasteiger partial charge in [0.2, 0.25) is 0 Å². The largest absolute Gasteiger partial charge is 0.501 e. The van der Waals surface area contributed by atoms with E-state index in [1.807, 2.05) is 50.3 Å². The van der Waals surface area contributed by atoms with Crippen LogP contribution < -0.4 is 0 Å². The highest BCUT2D eigenvalue weighted by atomic mass is 19.1. The Morgan fingerprint density at radius 2 is 1.91 bits per heavy atom. The molecule has 0 N–H and O–H groups in total. The van der Waals surface area contributed by atoms with Crippen LogP contribution in [0.15, 0.2) is 78.1 Å². The third-order valence-corrected chi connectivity index (χ3v) is 3.59. The highest BCUT2D eigenvalue weighted by Gasteiger charge is 2.04. The summed E-state index contributed by atoms with van der Waals surface area (Å²) < 4.78 is 19.0. The van der Waals surface area contributed by atoms with Gasteiger partial charge in [0.1, 0.15) is 5.82 Å². The van der Waals surface area contributed by atoms with E-state index in [-0.39, 0.29) is 5.82 Å². The van der Waals surface area contributed by atoms with Crippen LogP contribution in [0, 0.1) is 5.82 Å². The lowest BCUT2D eigenvalue weighted by molar-refractivity contribution is 0.294. The zero-order chi connectivity index (χ0) is 17.2. The van der Waals surface area contributed by atoms with Crippen molar-refractivity contribution in [1.29, 1.82) is 0 Å². The lowest BCUT2D eigenvalue weighted by Gasteiger charge is -2.06. The van der Waals surface area contributed by atoms with Gasteiger partial charge in [-0.3, -0.25) is 0 Å². The molecule has 0 saturated heterocycles. The Hall–Kier alpha value is -2.35. The van der Waals surface area contributed by atoms with Crippen LogP contribution in [0.1, 0.15) is 32.8 Å². The van der Waals surface area contributed by atoms with Crippen LogP contribution in [0.5, 0.6) is 0 Å². The summed E-state index contributed by atoms with van der Waals surface area (Å²) in [4.78, 5) is 0. The molecule has 0 aliphatic heterocycles. The normalized spacial score (nSPS) is 13.5. The maximum Gasteiger partial charge on any atom is 0.131 e. The number of ether oxygens (including phenoxy) is 1. The molecule has 0 bridgehead atoms. The summed E-state index contributed by atoms with van der Waals surface area (Å²) in [6.07, 6.45) is 10.5. The number of rotatable bonds is 7. The molecule has 0 saturated carbocycles. The summed E-state index contributed by atoms with van der Waals surface area (Å²) in [5.41, 5.74) is 3.45. The summed E-state index contributed by atoms with van der Waals surface area (Å²) in [6.45, 7) is 9.98. The van der Waals surface area contributed by atoms with Crippen LogP contribution >= 0.6 is 0 Å². The van der Waals surface area contributed by atoms with Crippen LogP contribution in [-0.2, 0) is 4.74 Å². The molecule has 0 radical (unpaired) electrons. The third-order valence-electron chi connectivity index (χ3n) is 3.59. The van der Waals surface area contributed by atoms with Crippen molar-refractivity contribution in [2.75, 3.05) is 7.11 Å². The van der Waals surface area contributed by atoms with E-state index < -0.39 is 0 Å². The van der Waals surface area contributed by atoms with Crippen molar-refractivity contribution in [3.05, 3.63) is 89.5 Å². The standard InChI is InChI=1S/C21H25FO/c1-6-18(15-13-17(4)23-5)16(3)12-14-19(7-2)20-10-8-9-11-21(20)22/h7-15H,3,6H2,1-2,4-5H3/b14-12-,17-13+,18-15+,19-7+. The van der Waals surface area contributed by atoms with E-state index in [9.17, 15) is 4.39 Å². The summed E-state index contributed by atoms with van der Waals surface area (Å²) in [5.74, 6) is 0.619. The van der Waals surface area contributed by atoms with Gasteiger partial charge < -0.3 is 4.74 Å². The van der Waals surface area contributed by atoms with E-state index in [0.29, 0.717) is 5.56 Å². The zero-order valence-electron chi connectivity index (χ0n) is 14.4. The van der Waals surface area contributed by atoms with Crippen molar-refractivity contribution in [3.63, 3.8) is 0 Å². The minimum absolute atomic E-state index is 0.222. The van der Waals surface area contributed by atoms with E-state index in [2.05, 4.69) is 13.5 Å². The molecule has 122 valence electrons. The molecule has 0 fully saturated rings. The van der Waals surface area contributed by atoms with Gasteiger partial charge >= 0.3 is 0 Å². The van der Waals surface area contributed by atoms with Crippen LogP contribution in [0.3, 0.4) is 0 Å². The Balaban J connectivity index is 2.97. The van der Waals surface area contributed by atoms with Gasteiger partial charge in [-0.2, -0.15) is 0 Å². The average molecular weight is 312 g/mol. The first kappa shape index (κ1) is 18.7. The van der Waals surface area contributed by atoms with Gasteiger partial charge in [-0.15, -0.1) is 0 Å². The zero-order valence-corrected chi connectivity index (χ0v) is 14.4. The van der Waals surface area contributed by atoms with E-state index in [1.54, 1.807) is 19.2 Å². The molecular weight excluding hydrogens is 287 g/mol. The predicted octanol–water partition coefficient (Wildman–Crippen LogP) is 6.23. The molecule has 0 heterocycles. The van der Waals surface area contributed by atoms with Gasteiger partial charge in [-0.05, 0) is 49.1 Å². The number of methoxy groups -OCH3 is 1. The number of hydrogen-bond acceptors (Lipinski definition) is 1. The maximum atomic E-state index is 13.9. The van der Waals surface area contributed by atoms with Gasteiger partial charge in [0.15, 0.2) is 0 Å². The Morgan fingerprint density at radius 1 is 1.22 bits per heavy atom. The average Bonchev–Trinajstić information content (AvgIpc) is 2.57. The molecule has 0 spiro atoms. The lowest BCUT2D eigenvalue weighted by atomic mass is 10.00. The minimum atomic E-state index is -0.222. The molecule has 1 aromatic carbocycles. The molecule has 0 amide bonds. The van der Waals surface area contributed by atoms with Gasteiger partial charge in [-0.25, -0.2) is 4.39 Å². The molecule has 2 heteroatoms. The first-order chi connectivity index (χ1) is 11.0. The maximum absolute atomic E-state index is 13.9. The highest BCUT2D eigenvalue weighted by molar-refractivity contribution is 5.74. The quantitative estimate of drug-likeness (QED) is 0.428. The Morgan fingerprint density at radius 3 is 2.48 bits per heavy atom. The fraction of sp³-hybridized carbons (Fsp3) is 0.238. The number of allylic oxidation sites excluding steroid dienone is 9. The van der Waals surface area contributed by atoms with Gasteiger partial charge in [-0.1, -0.05) is 56.0 Å². The summed E-state index contributed by atoms with van der Waals surface area (Å²) >= 11 is 0. The summed E-state index contributed by atoms with van der Waals surface area (Å²) in [5, 5.41) is 0. The molecule has 1 nitrogen and oxygen atoms in total. The van der Waals surface area contributed by atoms with Gasteiger partial charge in [0.25, 0.3) is 0 Å². The lowest BCUT2D eigenvalue weighted by Crippen LogP contribution is -1.88. The summed E-state index contributed by atoms with van der Waals surface area (Å²) in [7, 11) is 1.65. The number of hydrogen-bond donors (Lipinski definition) is 0. The monoisotopic (exact) mass is 312 g/mol. The molecule has 0 unspecified atom stereocenters. The Labute approximate surface area is 139 Å². The van der Waals surface area contributed by atoms with E-state index in [1.165, 1.54) is 6.07 Å². The summed E-state index contributed by atoms with van der Waals surface area (Å²) in [6, 6.07) is 6.77. The van der Waals surface area contributed by atoms with Crippen molar-refractivity contribution in [2.24, 2.45) is 0 Å². The second kappa shape index (κ2) is 9.62. The second-order valence-corrected chi connectivity index (χ2v) is 5.11. The van der Waals surface area contributed by atoms with Crippen LogP contribution in [-0.4, -0.2) is 7.11 Å². The Kier molecular flexibility index (Phi) is 7.82. The number of halogens is 1. The molecule has 0 atom stereocenters. The molecule has 0 aromatic heterocycles. The van der Waals surface area contributed by atoms with Crippen LogP contribution in [0.4, 0.5) is 4.39 Å². The van der Waals surface area contributed by atoms with Gasteiger partial charge in [0.05, 0.1) is 12.9 Å². The van der Waals surface area contributed by atoms with Crippen molar-refractivity contribution in [1.82, 2.24) is 0 Å². The van der Waals surface area contributed by atoms with Crippen molar-refractivity contribution >= 4 is 5.57 Å². The highest BCUT2D eigenvalue weighted by Crippen LogP contribution is 2.21. The van der Waals surface area contributed by atoms with Crippen molar-refractivity contribution < 1.29 is 9.13 Å². The van der Waals surface area contributed by atoms with E-state index >= 15 is 0 Å². The predicted molar refractivity (Wildman–Crippen MR) is 97.5 cm³/mol. The molecule has 0 aliphatic rings. The van der Waals surface area contributed by atoms with Crippen LogP contribution in [0.25, 0.3) is 5.57 Å². The third kappa shape index (κ3) is 5.74. The fourth-order valence-corrected chi connectivity index (χ4v) is 2.07. The second-order valence-electron chi connectivity index (χ2n) is 5.11.